The first-order valence-electron chi connectivity index (χ1n) is 10.2. The SMILES string of the molecule is COc1ccc(C=C2SC(=S)N(CCCC(=O)Nc3ccc(C(C)=O)cc3)C2=O)cc1OC. The van der Waals surface area contributed by atoms with Crippen molar-refractivity contribution in [2.24, 2.45) is 0 Å². The summed E-state index contributed by atoms with van der Waals surface area (Å²) in [5, 5.41) is 2.79. The molecule has 2 aromatic carbocycles. The van der Waals surface area contributed by atoms with E-state index < -0.39 is 0 Å². The molecule has 172 valence electrons. The second-order valence-corrected chi connectivity index (χ2v) is 8.91. The van der Waals surface area contributed by atoms with Crippen LogP contribution in [0.1, 0.15) is 35.7 Å². The highest BCUT2D eigenvalue weighted by Crippen LogP contribution is 2.34. The molecule has 0 aliphatic carbocycles. The quantitative estimate of drug-likeness (QED) is 0.318. The Hall–Kier alpha value is -3.17. The van der Waals surface area contributed by atoms with Gasteiger partial charge in [-0.05, 0) is 61.4 Å². The zero-order chi connectivity index (χ0) is 24.0. The second kappa shape index (κ2) is 11.1. The summed E-state index contributed by atoms with van der Waals surface area (Å²) in [6.07, 6.45) is 2.46. The molecule has 0 saturated carbocycles. The summed E-state index contributed by atoms with van der Waals surface area (Å²) in [7, 11) is 3.12. The van der Waals surface area contributed by atoms with Crippen molar-refractivity contribution in [2.75, 3.05) is 26.1 Å². The monoisotopic (exact) mass is 484 g/mol. The van der Waals surface area contributed by atoms with Crippen LogP contribution < -0.4 is 14.8 Å². The van der Waals surface area contributed by atoms with E-state index in [0.717, 1.165) is 5.56 Å². The number of nitrogens with zero attached hydrogens (tertiary/aromatic N) is 1. The van der Waals surface area contributed by atoms with E-state index in [9.17, 15) is 14.4 Å². The number of carbonyl (C=O) groups excluding carboxylic acids is 3. The first-order chi connectivity index (χ1) is 15.8. The van der Waals surface area contributed by atoms with Crippen LogP contribution in [0.4, 0.5) is 5.69 Å². The Kier molecular flexibility index (Phi) is 8.24. The van der Waals surface area contributed by atoms with E-state index in [1.807, 2.05) is 6.07 Å². The topological polar surface area (TPSA) is 84.9 Å². The molecule has 1 aliphatic heterocycles. The summed E-state index contributed by atoms with van der Waals surface area (Å²) in [4.78, 5) is 38.4. The van der Waals surface area contributed by atoms with Crippen LogP contribution in [0.3, 0.4) is 0 Å². The van der Waals surface area contributed by atoms with Crippen molar-refractivity contribution in [3.05, 3.63) is 58.5 Å². The van der Waals surface area contributed by atoms with Gasteiger partial charge in [0.15, 0.2) is 17.3 Å². The fraction of sp³-hybridized carbons (Fsp3) is 0.250. The number of rotatable bonds is 9. The molecule has 0 radical (unpaired) electrons. The second-order valence-electron chi connectivity index (χ2n) is 7.23. The van der Waals surface area contributed by atoms with E-state index in [1.54, 1.807) is 56.7 Å². The number of ketones is 1. The average molecular weight is 485 g/mol. The largest absolute Gasteiger partial charge is 0.493 e. The predicted octanol–water partition coefficient (Wildman–Crippen LogP) is 4.53. The fourth-order valence-electron chi connectivity index (χ4n) is 3.20. The molecule has 3 rings (SSSR count). The third-order valence-electron chi connectivity index (χ3n) is 4.94. The standard InChI is InChI=1S/C24H24N2O5S2/c1-15(27)17-7-9-18(10-8-17)25-22(28)5-4-12-26-23(29)21(33-24(26)32)14-16-6-11-19(30-2)20(13-16)31-3/h6-11,13-14H,4-5,12H2,1-3H3,(H,25,28). The van der Waals surface area contributed by atoms with Crippen LogP contribution in [0.25, 0.3) is 6.08 Å². The molecule has 1 fully saturated rings. The average Bonchev–Trinajstić information content (AvgIpc) is 3.06. The van der Waals surface area contributed by atoms with Gasteiger partial charge in [-0.25, -0.2) is 0 Å². The number of benzene rings is 2. The highest BCUT2D eigenvalue weighted by atomic mass is 32.2. The molecule has 0 aromatic heterocycles. The van der Waals surface area contributed by atoms with Crippen molar-refractivity contribution in [3.63, 3.8) is 0 Å². The molecule has 0 unspecified atom stereocenters. The Morgan fingerprint density at radius 3 is 2.42 bits per heavy atom. The summed E-state index contributed by atoms with van der Waals surface area (Å²) in [5.41, 5.74) is 2.00. The number of hydrogen-bond acceptors (Lipinski definition) is 7. The van der Waals surface area contributed by atoms with Crippen molar-refractivity contribution in [2.45, 2.75) is 19.8 Å². The number of hydrogen-bond donors (Lipinski definition) is 1. The lowest BCUT2D eigenvalue weighted by molar-refractivity contribution is -0.122. The number of Topliss-reactive ketones (excluding diaryl/α,β-unsaturated/α-hetero) is 1. The smallest absolute Gasteiger partial charge is 0.266 e. The molecule has 9 heteroatoms. The minimum absolute atomic E-state index is 0.0310. The number of amides is 2. The fourth-order valence-corrected chi connectivity index (χ4v) is 4.50. The van der Waals surface area contributed by atoms with Crippen molar-refractivity contribution >= 4 is 57.7 Å². The Labute approximate surface area is 202 Å². The maximum absolute atomic E-state index is 12.8. The van der Waals surface area contributed by atoms with Crippen LogP contribution in [0.5, 0.6) is 11.5 Å². The summed E-state index contributed by atoms with van der Waals surface area (Å²) in [6, 6.07) is 12.1. The normalized spacial score (nSPS) is 14.5. The number of methoxy groups -OCH3 is 2. The molecule has 2 aromatic rings. The number of thioether (sulfide) groups is 1. The highest BCUT2D eigenvalue weighted by molar-refractivity contribution is 8.26. The molecule has 33 heavy (non-hydrogen) atoms. The number of carbonyl (C=O) groups is 3. The van der Waals surface area contributed by atoms with Crippen LogP contribution in [-0.4, -0.2) is 47.6 Å². The molecular weight excluding hydrogens is 460 g/mol. The molecule has 0 bridgehead atoms. The summed E-state index contributed by atoms with van der Waals surface area (Å²) < 4.78 is 11.0. The number of anilines is 1. The number of ether oxygens (including phenoxy) is 2. The zero-order valence-corrected chi connectivity index (χ0v) is 20.2. The Bertz CT molecular complexity index is 1110. The molecule has 2 amide bonds. The minimum atomic E-state index is -0.181. The number of nitrogens with one attached hydrogen (secondary N) is 1. The Morgan fingerprint density at radius 2 is 1.79 bits per heavy atom. The van der Waals surface area contributed by atoms with Gasteiger partial charge in [0.2, 0.25) is 5.91 Å². The Balaban J connectivity index is 1.55. The highest BCUT2D eigenvalue weighted by Gasteiger charge is 2.31. The van der Waals surface area contributed by atoms with Crippen molar-refractivity contribution in [1.82, 2.24) is 4.90 Å². The van der Waals surface area contributed by atoms with E-state index in [0.29, 0.717) is 44.9 Å². The van der Waals surface area contributed by atoms with Gasteiger partial charge < -0.3 is 14.8 Å². The zero-order valence-electron chi connectivity index (χ0n) is 18.5. The van der Waals surface area contributed by atoms with E-state index >= 15 is 0 Å². The van der Waals surface area contributed by atoms with Crippen LogP contribution in [0.2, 0.25) is 0 Å². The molecule has 0 spiro atoms. The van der Waals surface area contributed by atoms with Crippen LogP contribution in [0, 0.1) is 0 Å². The number of thiocarbonyl (C=S) groups is 1. The van der Waals surface area contributed by atoms with Gasteiger partial charge in [0, 0.05) is 24.2 Å². The third-order valence-corrected chi connectivity index (χ3v) is 6.32. The lowest BCUT2D eigenvalue weighted by atomic mass is 10.1. The third kappa shape index (κ3) is 6.21. The Morgan fingerprint density at radius 1 is 1.09 bits per heavy atom. The minimum Gasteiger partial charge on any atom is -0.493 e. The van der Waals surface area contributed by atoms with Gasteiger partial charge in [0.05, 0.1) is 19.1 Å². The van der Waals surface area contributed by atoms with Gasteiger partial charge in [0.1, 0.15) is 4.32 Å². The van der Waals surface area contributed by atoms with Crippen LogP contribution in [0.15, 0.2) is 47.4 Å². The van der Waals surface area contributed by atoms with E-state index in [-0.39, 0.29) is 24.0 Å². The molecule has 1 saturated heterocycles. The van der Waals surface area contributed by atoms with Crippen molar-refractivity contribution in [1.29, 1.82) is 0 Å². The lowest BCUT2D eigenvalue weighted by Crippen LogP contribution is -2.29. The molecule has 1 heterocycles. The summed E-state index contributed by atoms with van der Waals surface area (Å²) >= 11 is 6.60. The van der Waals surface area contributed by atoms with E-state index in [1.165, 1.54) is 23.6 Å². The summed E-state index contributed by atoms with van der Waals surface area (Å²) in [5.74, 6) is 0.799. The van der Waals surface area contributed by atoms with Gasteiger partial charge >= 0.3 is 0 Å². The molecule has 0 atom stereocenters. The van der Waals surface area contributed by atoms with E-state index in [4.69, 9.17) is 21.7 Å². The van der Waals surface area contributed by atoms with Gasteiger partial charge in [0.25, 0.3) is 5.91 Å². The van der Waals surface area contributed by atoms with Gasteiger partial charge in [-0.15, -0.1) is 0 Å². The van der Waals surface area contributed by atoms with Gasteiger partial charge in [-0.3, -0.25) is 19.3 Å². The van der Waals surface area contributed by atoms with Crippen LogP contribution >= 0.6 is 24.0 Å². The van der Waals surface area contributed by atoms with Gasteiger partial charge in [-0.1, -0.05) is 30.0 Å². The first-order valence-corrected chi connectivity index (χ1v) is 11.4. The predicted molar refractivity (Wildman–Crippen MR) is 134 cm³/mol. The maximum atomic E-state index is 12.8. The molecule has 7 nitrogen and oxygen atoms in total. The van der Waals surface area contributed by atoms with Crippen molar-refractivity contribution in [3.8, 4) is 11.5 Å². The molecule has 1 aliphatic rings. The maximum Gasteiger partial charge on any atom is 0.266 e. The first kappa shape index (κ1) is 24.5. The van der Waals surface area contributed by atoms with Crippen molar-refractivity contribution < 1.29 is 23.9 Å². The van der Waals surface area contributed by atoms with E-state index in [2.05, 4.69) is 5.32 Å². The summed E-state index contributed by atoms with van der Waals surface area (Å²) in [6.45, 7) is 1.84. The van der Waals surface area contributed by atoms with Gasteiger partial charge in [-0.2, -0.15) is 0 Å². The molecular formula is C24H24N2O5S2. The van der Waals surface area contributed by atoms with Crippen LogP contribution in [-0.2, 0) is 9.59 Å². The lowest BCUT2D eigenvalue weighted by Gasteiger charge is -2.14. The molecule has 1 N–H and O–H groups in total.